The van der Waals surface area contributed by atoms with Gasteiger partial charge < -0.3 is 15.0 Å². The standard InChI is InChI=1S/C20H27F3N2O2/c21-20(22,23)16-7-5-8-17(12-16)24-13-15-6-1-2-9-18(15)27-14-19(26)25-10-3-4-11-25/h1-2,6,9,16-17,24H,3-5,7-8,10-14H2/t16-,17+/m1/s1. The molecule has 4 nitrogen and oxygen atoms in total. The van der Waals surface area contributed by atoms with Gasteiger partial charge in [-0.05, 0) is 38.2 Å². The van der Waals surface area contributed by atoms with Gasteiger partial charge in [0.25, 0.3) is 5.91 Å². The molecule has 2 aliphatic rings. The maximum Gasteiger partial charge on any atom is 0.391 e. The van der Waals surface area contributed by atoms with Crippen LogP contribution in [0, 0.1) is 5.92 Å². The summed E-state index contributed by atoms with van der Waals surface area (Å²) in [5, 5.41) is 3.25. The van der Waals surface area contributed by atoms with E-state index in [1.54, 1.807) is 11.0 Å². The molecule has 1 aliphatic carbocycles. The van der Waals surface area contributed by atoms with Crippen molar-refractivity contribution in [1.29, 1.82) is 0 Å². The second-order valence-corrected chi connectivity index (χ2v) is 7.47. The molecule has 1 heterocycles. The van der Waals surface area contributed by atoms with Crippen molar-refractivity contribution in [3.8, 4) is 5.75 Å². The molecule has 0 aromatic heterocycles. The Morgan fingerprint density at radius 2 is 1.89 bits per heavy atom. The lowest BCUT2D eigenvalue weighted by Gasteiger charge is -2.31. The SMILES string of the molecule is O=C(COc1ccccc1CN[C@H]1CCC[C@@H](C(F)(F)F)C1)N1CCCC1. The van der Waals surface area contributed by atoms with Crippen LogP contribution in [0.2, 0.25) is 0 Å². The summed E-state index contributed by atoms with van der Waals surface area (Å²) in [4.78, 5) is 13.9. The quantitative estimate of drug-likeness (QED) is 0.809. The van der Waals surface area contributed by atoms with Crippen molar-refractivity contribution < 1.29 is 22.7 Å². The second kappa shape index (κ2) is 8.95. The summed E-state index contributed by atoms with van der Waals surface area (Å²) < 4.78 is 44.6. The van der Waals surface area contributed by atoms with Crippen LogP contribution >= 0.6 is 0 Å². The number of amides is 1. The third-order valence-electron chi connectivity index (χ3n) is 5.50. The van der Waals surface area contributed by atoms with Crippen molar-refractivity contribution in [2.24, 2.45) is 5.92 Å². The fourth-order valence-corrected chi connectivity index (χ4v) is 3.91. The summed E-state index contributed by atoms with van der Waals surface area (Å²) in [6.07, 6.45) is -0.357. The van der Waals surface area contributed by atoms with E-state index in [4.69, 9.17) is 4.74 Å². The van der Waals surface area contributed by atoms with E-state index in [1.165, 1.54) is 0 Å². The number of ether oxygens (including phenoxy) is 1. The van der Waals surface area contributed by atoms with Crippen LogP contribution in [0.15, 0.2) is 24.3 Å². The number of likely N-dealkylation sites (tertiary alicyclic amines) is 1. The highest BCUT2D eigenvalue weighted by atomic mass is 19.4. The lowest BCUT2D eigenvalue weighted by atomic mass is 9.85. The number of hydrogen-bond acceptors (Lipinski definition) is 3. The van der Waals surface area contributed by atoms with E-state index in [0.717, 1.165) is 37.9 Å². The molecule has 2 atom stereocenters. The second-order valence-electron chi connectivity index (χ2n) is 7.47. The molecular formula is C20H27F3N2O2. The van der Waals surface area contributed by atoms with Gasteiger partial charge in [-0.2, -0.15) is 13.2 Å². The highest BCUT2D eigenvalue weighted by molar-refractivity contribution is 5.78. The molecule has 1 aliphatic heterocycles. The molecule has 7 heteroatoms. The van der Waals surface area contributed by atoms with Gasteiger partial charge in [0.15, 0.2) is 6.61 Å². The number of nitrogens with one attached hydrogen (secondary N) is 1. The third kappa shape index (κ3) is 5.61. The Hall–Kier alpha value is -1.76. The Labute approximate surface area is 158 Å². The fourth-order valence-electron chi connectivity index (χ4n) is 3.91. The molecule has 1 aromatic rings. The van der Waals surface area contributed by atoms with E-state index in [9.17, 15) is 18.0 Å². The molecule has 1 aromatic carbocycles. The molecule has 1 amide bonds. The number of benzene rings is 1. The molecular weight excluding hydrogens is 357 g/mol. The maximum atomic E-state index is 13.0. The minimum atomic E-state index is -4.11. The molecule has 3 rings (SSSR count). The smallest absolute Gasteiger partial charge is 0.391 e. The van der Waals surface area contributed by atoms with Gasteiger partial charge in [0.05, 0.1) is 5.92 Å². The average Bonchev–Trinajstić information content (AvgIpc) is 3.19. The largest absolute Gasteiger partial charge is 0.483 e. The maximum absolute atomic E-state index is 13.0. The van der Waals surface area contributed by atoms with Crippen LogP contribution in [-0.2, 0) is 11.3 Å². The Morgan fingerprint density at radius 3 is 2.63 bits per heavy atom. The van der Waals surface area contributed by atoms with Crippen molar-refractivity contribution >= 4 is 5.91 Å². The molecule has 1 saturated heterocycles. The summed E-state index contributed by atoms with van der Waals surface area (Å²) in [5.41, 5.74) is 0.862. The molecule has 27 heavy (non-hydrogen) atoms. The normalized spacial score (nSPS) is 23.4. The average molecular weight is 384 g/mol. The van der Waals surface area contributed by atoms with E-state index in [1.807, 2.05) is 18.2 Å². The molecule has 0 unspecified atom stereocenters. The van der Waals surface area contributed by atoms with Crippen LogP contribution in [0.4, 0.5) is 13.2 Å². The molecule has 2 fully saturated rings. The number of rotatable bonds is 6. The number of halogens is 3. The summed E-state index contributed by atoms with van der Waals surface area (Å²) in [7, 11) is 0. The molecule has 0 radical (unpaired) electrons. The van der Waals surface area contributed by atoms with Crippen molar-refractivity contribution in [3.05, 3.63) is 29.8 Å². The van der Waals surface area contributed by atoms with Crippen LogP contribution in [-0.4, -0.2) is 42.7 Å². The molecule has 0 spiro atoms. The Kier molecular flexibility index (Phi) is 6.63. The highest BCUT2D eigenvalue weighted by Gasteiger charge is 2.42. The number of nitrogens with zero attached hydrogens (tertiary/aromatic N) is 1. The predicted molar refractivity (Wildman–Crippen MR) is 96.4 cm³/mol. The lowest BCUT2D eigenvalue weighted by molar-refractivity contribution is -0.183. The highest BCUT2D eigenvalue weighted by Crippen LogP contribution is 2.37. The summed E-state index contributed by atoms with van der Waals surface area (Å²) in [6.45, 7) is 2.00. The van der Waals surface area contributed by atoms with Crippen molar-refractivity contribution in [2.45, 2.75) is 57.3 Å². The number of para-hydroxylation sites is 1. The van der Waals surface area contributed by atoms with E-state index in [2.05, 4.69) is 5.32 Å². The first kappa shape index (κ1) is 20.0. The van der Waals surface area contributed by atoms with Crippen LogP contribution in [0.5, 0.6) is 5.75 Å². The monoisotopic (exact) mass is 384 g/mol. The van der Waals surface area contributed by atoms with Crippen LogP contribution in [0.3, 0.4) is 0 Å². The first-order valence-electron chi connectivity index (χ1n) is 9.72. The predicted octanol–water partition coefficient (Wildman–Crippen LogP) is 3.90. The van der Waals surface area contributed by atoms with E-state index < -0.39 is 12.1 Å². The van der Waals surface area contributed by atoms with Crippen molar-refractivity contribution in [1.82, 2.24) is 10.2 Å². The van der Waals surface area contributed by atoms with E-state index in [-0.39, 0.29) is 31.4 Å². The van der Waals surface area contributed by atoms with Crippen molar-refractivity contribution in [2.75, 3.05) is 19.7 Å². The van der Waals surface area contributed by atoms with Gasteiger partial charge in [-0.3, -0.25) is 4.79 Å². The van der Waals surface area contributed by atoms with Gasteiger partial charge in [0, 0.05) is 31.2 Å². The Morgan fingerprint density at radius 1 is 1.15 bits per heavy atom. The third-order valence-corrected chi connectivity index (χ3v) is 5.50. The Balaban J connectivity index is 1.52. The number of alkyl halides is 3. The fraction of sp³-hybridized carbons (Fsp3) is 0.650. The van der Waals surface area contributed by atoms with Crippen LogP contribution in [0.25, 0.3) is 0 Å². The van der Waals surface area contributed by atoms with Crippen molar-refractivity contribution in [3.63, 3.8) is 0 Å². The van der Waals surface area contributed by atoms with E-state index in [0.29, 0.717) is 18.7 Å². The number of hydrogen-bond donors (Lipinski definition) is 1. The van der Waals surface area contributed by atoms with E-state index >= 15 is 0 Å². The van der Waals surface area contributed by atoms with Gasteiger partial charge in [0.1, 0.15) is 5.75 Å². The summed E-state index contributed by atoms with van der Waals surface area (Å²) in [5.74, 6) is -0.621. The van der Waals surface area contributed by atoms with Gasteiger partial charge in [-0.25, -0.2) is 0 Å². The topological polar surface area (TPSA) is 41.6 Å². The van der Waals surface area contributed by atoms with Gasteiger partial charge in [-0.1, -0.05) is 24.6 Å². The zero-order chi connectivity index (χ0) is 19.3. The summed E-state index contributed by atoms with van der Waals surface area (Å²) >= 11 is 0. The summed E-state index contributed by atoms with van der Waals surface area (Å²) in [6, 6.07) is 7.23. The molecule has 1 N–H and O–H groups in total. The van der Waals surface area contributed by atoms with Crippen LogP contribution < -0.4 is 10.1 Å². The number of carbonyl (C=O) groups excluding carboxylic acids is 1. The van der Waals surface area contributed by atoms with Crippen LogP contribution in [0.1, 0.15) is 44.1 Å². The minimum absolute atomic E-state index is 0.00338. The number of carbonyl (C=O) groups is 1. The first-order valence-corrected chi connectivity index (χ1v) is 9.72. The van der Waals surface area contributed by atoms with Gasteiger partial charge >= 0.3 is 6.18 Å². The minimum Gasteiger partial charge on any atom is -0.483 e. The zero-order valence-electron chi connectivity index (χ0n) is 15.4. The molecule has 150 valence electrons. The zero-order valence-corrected chi connectivity index (χ0v) is 15.4. The van der Waals surface area contributed by atoms with Gasteiger partial charge in [0.2, 0.25) is 0 Å². The molecule has 1 saturated carbocycles. The van der Waals surface area contributed by atoms with Gasteiger partial charge in [-0.15, -0.1) is 0 Å². The first-order chi connectivity index (χ1) is 12.9. The Bertz CT molecular complexity index is 630. The lowest BCUT2D eigenvalue weighted by Crippen LogP contribution is -2.38. The molecule has 0 bridgehead atoms.